The molecule has 7 heteroatoms. The summed E-state index contributed by atoms with van der Waals surface area (Å²) in [6.45, 7) is 0.135. The molecule has 0 bridgehead atoms. The molecule has 0 saturated heterocycles. The molecule has 1 heterocycles. The van der Waals surface area contributed by atoms with Gasteiger partial charge in [0.1, 0.15) is 11.5 Å². The van der Waals surface area contributed by atoms with Crippen molar-refractivity contribution in [2.45, 2.75) is 6.61 Å². The molecule has 104 valence electrons. The molecule has 2 rings (SSSR count). The SMILES string of the molecule is O=C(Nc1cc(I)sc1C(=O)O)OCc1ccccc1. The average molecular weight is 403 g/mol. The molecule has 0 aliphatic heterocycles. The molecule has 0 spiro atoms. The second-order valence-electron chi connectivity index (χ2n) is 3.79. The lowest BCUT2D eigenvalue weighted by Gasteiger charge is -2.06. The van der Waals surface area contributed by atoms with E-state index in [1.165, 1.54) is 0 Å². The number of amides is 1. The van der Waals surface area contributed by atoms with Crippen LogP contribution in [-0.2, 0) is 11.3 Å². The Hall–Kier alpha value is -1.61. The molecule has 1 aromatic carbocycles. The van der Waals surface area contributed by atoms with Crippen LogP contribution in [0.25, 0.3) is 0 Å². The number of nitrogens with one attached hydrogen (secondary N) is 1. The first-order chi connectivity index (χ1) is 9.56. The molecular formula is C13H10INO4S. The predicted molar refractivity (Wildman–Crippen MR) is 84.2 cm³/mol. The highest BCUT2D eigenvalue weighted by atomic mass is 127. The van der Waals surface area contributed by atoms with Crippen LogP contribution in [0.1, 0.15) is 15.2 Å². The Morgan fingerprint density at radius 2 is 2.00 bits per heavy atom. The molecule has 0 aliphatic carbocycles. The maximum absolute atomic E-state index is 11.6. The Bertz CT molecular complexity index is 627. The molecule has 1 aromatic heterocycles. The number of aromatic carboxylic acids is 1. The van der Waals surface area contributed by atoms with Gasteiger partial charge in [-0.25, -0.2) is 9.59 Å². The second kappa shape index (κ2) is 6.71. The first kappa shape index (κ1) is 14.8. The highest BCUT2D eigenvalue weighted by Crippen LogP contribution is 2.28. The van der Waals surface area contributed by atoms with Crippen LogP contribution in [0.15, 0.2) is 36.4 Å². The highest BCUT2D eigenvalue weighted by molar-refractivity contribution is 14.1. The fourth-order valence-corrected chi connectivity index (χ4v) is 3.13. The third-order valence-corrected chi connectivity index (χ3v) is 4.23. The number of carboxylic acid groups (broad SMARTS) is 1. The number of halogens is 1. The monoisotopic (exact) mass is 403 g/mol. The number of carbonyl (C=O) groups is 2. The molecule has 2 N–H and O–H groups in total. The number of anilines is 1. The molecule has 1 amide bonds. The summed E-state index contributed by atoms with van der Waals surface area (Å²) >= 11 is 3.10. The van der Waals surface area contributed by atoms with E-state index in [0.29, 0.717) is 0 Å². The van der Waals surface area contributed by atoms with E-state index in [9.17, 15) is 9.59 Å². The van der Waals surface area contributed by atoms with Crippen molar-refractivity contribution in [3.63, 3.8) is 0 Å². The normalized spacial score (nSPS) is 10.1. The number of carbonyl (C=O) groups excluding carboxylic acids is 1. The van der Waals surface area contributed by atoms with E-state index in [1.54, 1.807) is 6.07 Å². The van der Waals surface area contributed by atoms with Crippen molar-refractivity contribution in [2.75, 3.05) is 5.32 Å². The first-order valence-electron chi connectivity index (χ1n) is 5.56. The van der Waals surface area contributed by atoms with Crippen molar-refractivity contribution < 1.29 is 19.4 Å². The summed E-state index contributed by atoms with van der Waals surface area (Å²) in [5.74, 6) is -1.07. The van der Waals surface area contributed by atoms with E-state index in [2.05, 4.69) is 5.32 Å². The maximum atomic E-state index is 11.6. The van der Waals surface area contributed by atoms with Crippen LogP contribution in [0.3, 0.4) is 0 Å². The van der Waals surface area contributed by atoms with Gasteiger partial charge in [-0.15, -0.1) is 11.3 Å². The lowest BCUT2D eigenvalue weighted by atomic mass is 10.2. The van der Waals surface area contributed by atoms with Gasteiger partial charge in [-0.05, 0) is 34.2 Å². The van der Waals surface area contributed by atoms with Crippen molar-refractivity contribution in [3.05, 3.63) is 49.7 Å². The molecule has 5 nitrogen and oxygen atoms in total. The van der Waals surface area contributed by atoms with E-state index >= 15 is 0 Å². The van der Waals surface area contributed by atoms with Gasteiger partial charge < -0.3 is 9.84 Å². The molecule has 0 radical (unpaired) electrons. The maximum Gasteiger partial charge on any atom is 0.412 e. The number of carboxylic acids is 1. The fraction of sp³-hybridized carbons (Fsp3) is 0.0769. The zero-order valence-electron chi connectivity index (χ0n) is 10.1. The van der Waals surface area contributed by atoms with Gasteiger partial charge >= 0.3 is 12.1 Å². The minimum Gasteiger partial charge on any atom is -0.477 e. The van der Waals surface area contributed by atoms with E-state index in [1.807, 2.05) is 52.9 Å². The van der Waals surface area contributed by atoms with Gasteiger partial charge in [0.05, 0.1) is 8.57 Å². The number of ether oxygens (including phenoxy) is 1. The molecule has 0 unspecified atom stereocenters. The van der Waals surface area contributed by atoms with Crippen LogP contribution < -0.4 is 5.32 Å². The topological polar surface area (TPSA) is 75.6 Å². The third-order valence-electron chi connectivity index (χ3n) is 2.35. The van der Waals surface area contributed by atoms with Crippen molar-refractivity contribution in [2.24, 2.45) is 0 Å². The van der Waals surface area contributed by atoms with Gasteiger partial charge in [-0.2, -0.15) is 0 Å². The minimum atomic E-state index is -1.07. The number of rotatable bonds is 4. The molecule has 0 aliphatic rings. The molecule has 0 saturated carbocycles. The Kier molecular flexibility index (Phi) is 4.96. The van der Waals surface area contributed by atoms with Crippen molar-refractivity contribution >= 4 is 51.7 Å². The number of benzene rings is 1. The average Bonchev–Trinajstić information content (AvgIpc) is 2.79. The van der Waals surface area contributed by atoms with Crippen molar-refractivity contribution in [3.8, 4) is 0 Å². The molecular weight excluding hydrogens is 393 g/mol. The summed E-state index contributed by atoms with van der Waals surface area (Å²) in [7, 11) is 0. The number of hydrogen-bond acceptors (Lipinski definition) is 4. The van der Waals surface area contributed by atoms with Gasteiger partial charge in [-0.1, -0.05) is 30.3 Å². The second-order valence-corrected chi connectivity index (χ2v) is 6.73. The van der Waals surface area contributed by atoms with E-state index in [-0.39, 0.29) is 17.2 Å². The fourth-order valence-electron chi connectivity index (χ4n) is 1.48. The summed E-state index contributed by atoms with van der Waals surface area (Å²) < 4.78 is 5.81. The summed E-state index contributed by atoms with van der Waals surface area (Å²) in [5.41, 5.74) is 1.12. The number of hydrogen-bond donors (Lipinski definition) is 2. The smallest absolute Gasteiger partial charge is 0.412 e. The van der Waals surface area contributed by atoms with Crippen molar-refractivity contribution in [1.29, 1.82) is 0 Å². The van der Waals surface area contributed by atoms with Crippen LogP contribution in [0.4, 0.5) is 10.5 Å². The van der Waals surface area contributed by atoms with E-state index in [0.717, 1.165) is 19.8 Å². The lowest BCUT2D eigenvalue weighted by Crippen LogP contribution is -2.14. The minimum absolute atomic E-state index is 0.0889. The van der Waals surface area contributed by atoms with Crippen LogP contribution in [0, 0.1) is 2.88 Å². The van der Waals surface area contributed by atoms with Gasteiger partial charge in [0, 0.05) is 0 Å². The van der Waals surface area contributed by atoms with Crippen LogP contribution in [-0.4, -0.2) is 17.2 Å². The first-order valence-corrected chi connectivity index (χ1v) is 7.46. The largest absolute Gasteiger partial charge is 0.477 e. The summed E-state index contributed by atoms with van der Waals surface area (Å²) in [6, 6.07) is 10.8. The summed E-state index contributed by atoms with van der Waals surface area (Å²) in [6.07, 6.45) is -0.675. The van der Waals surface area contributed by atoms with Gasteiger partial charge in [0.2, 0.25) is 0 Å². The Morgan fingerprint density at radius 3 is 2.65 bits per heavy atom. The standard InChI is InChI=1S/C13H10INO4S/c14-10-6-9(11(20-10)12(16)17)15-13(18)19-7-8-4-2-1-3-5-8/h1-6H,7H2,(H,15,18)(H,16,17). The lowest BCUT2D eigenvalue weighted by molar-refractivity contribution is 0.0703. The van der Waals surface area contributed by atoms with Gasteiger partial charge in [-0.3, -0.25) is 5.32 Å². The Morgan fingerprint density at radius 1 is 1.30 bits per heavy atom. The molecule has 2 aromatic rings. The molecule has 0 fully saturated rings. The van der Waals surface area contributed by atoms with Crippen LogP contribution >= 0.6 is 33.9 Å². The predicted octanol–water partition coefficient (Wildman–Crippen LogP) is 3.80. The summed E-state index contributed by atoms with van der Waals surface area (Å²) in [5, 5.41) is 11.5. The zero-order valence-corrected chi connectivity index (χ0v) is 13.1. The summed E-state index contributed by atoms with van der Waals surface area (Å²) in [4.78, 5) is 22.7. The van der Waals surface area contributed by atoms with E-state index < -0.39 is 12.1 Å². The zero-order chi connectivity index (χ0) is 14.5. The highest BCUT2D eigenvalue weighted by Gasteiger charge is 2.17. The van der Waals surface area contributed by atoms with Crippen LogP contribution in [0.5, 0.6) is 0 Å². The van der Waals surface area contributed by atoms with Gasteiger partial charge in [0.25, 0.3) is 0 Å². The van der Waals surface area contributed by atoms with Gasteiger partial charge in [0.15, 0.2) is 0 Å². The van der Waals surface area contributed by atoms with Crippen molar-refractivity contribution in [1.82, 2.24) is 0 Å². The van der Waals surface area contributed by atoms with E-state index in [4.69, 9.17) is 9.84 Å². The quantitative estimate of drug-likeness (QED) is 0.762. The van der Waals surface area contributed by atoms with Crippen LogP contribution in [0.2, 0.25) is 0 Å². The Labute approximate surface area is 132 Å². The Balaban J connectivity index is 1.96. The number of thiophene rings is 1. The molecule has 20 heavy (non-hydrogen) atoms. The third kappa shape index (κ3) is 3.94. The molecule has 0 atom stereocenters.